The lowest BCUT2D eigenvalue weighted by Crippen LogP contribution is -2.52. The zero-order valence-corrected chi connectivity index (χ0v) is 20.0. The first-order valence-corrected chi connectivity index (χ1v) is 12.5. The Balaban J connectivity index is 1.32. The fourth-order valence-electron chi connectivity index (χ4n) is 5.32. The first kappa shape index (κ1) is 24.0. The highest BCUT2D eigenvalue weighted by Gasteiger charge is 2.30. The summed E-state index contributed by atoms with van der Waals surface area (Å²) >= 11 is 0. The highest BCUT2D eigenvalue weighted by molar-refractivity contribution is 5.94. The molecule has 0 atom stereocenters. The van der Waals surface area contributed by atoms with Gasteiger partial charge in [0.2, 0.25) is 5.91 Å². The summed E-state index contributed by atoms with van der Waals surface area (Å²) in [5, 5.41) is 0.324. The molecule has 2 heterocycles. The fraction of sp³-hybridized carbons (Fsp3) is 0.407. The number of halogens is 1. The molecule has 188 valence electrons. The number of hydrogen-bond acceptors (Lipinski definition) is 4. The standard InChI is InChI=1S/C27H29FN4O4/c28-22-11-10-19(16-20(22)17-32-23-9-5-4-8-21(23)24(33)29-27(32)36)26(35)31-14-12-30(13-15-31)25(34)18-6-2-1-3-7-18/h4-5,8-11,16,18H,1-3,6-7,12-15,17H2,(H,29,33,36). The van der Waals surface area contributed by atoms with Gasteiger partial charge in [0.25, 0.3) is 11.5 Å². The average molecular weight is 493 g/mol. The van der Waals surface area contributed by atoms with Crippen molar-refractivity contribution in [2.24, 2.45) is 5.92 Å². The quantitative estimate of drug-likeness (QED) is 0.606. The van der Waals surface area contributed by atoms with E-state index in [-0.39, 0.29) is 29.8 Å². The largest absolute Gasteiger partial charge is 0.339 e. The maximum absolute atomic E-state index is 14.7. The summed E-state index contributed by atoms with van der Waals surface area (Å²) in [7, 11) is 0. The number of fused-ring (bicyclic) bond motifs is 1. The lowest BCUT2D eigenvalue weighted by atomic mass is 9.88. The molecule has 1 N–H and O–H groups in total. The number of carbonyl (C=O) groups excluding carboxylic acids is 2. The maximum atomic E-state index is 14.7. The second-order valence-corrected chi connectivity index (χ2v) is 9.62. The minimum atomic E-state index is -0.645. The molecule has 2 fully saturated rings. The van der Waals surface area contributed by atoms with E-state index in [1.807, 2.05) is 4.90 Å². The van der Waals surface area contributed by atoms with Crippen LogP contribution >= 0.6 is 0 Å². The molecule has 2 amide bonds. The van der Waals surface area contributed by atoms with Crippen molar-refractivity contribution in [1.82, 2.24) is 19.4 Å². The summed E-state index contributed by atoms with van der Waals surface area (Å²) in [6, 6.07) is 10.7. The zero-order valence-electron chi connectivity index (χ0n) is 20.0. The Labute approximate surface area is 207 Å². The molecule has 1 aromatic heterocycles. The van der Waals surface area contributed by atoms with Gasteiger partial charge in [0.15, 0.2) is 0 Å². The molecular weight excluding hydrogens is 463 g/mol. The minimum absolute atomic E-state index is 0.105. The van der Waals surface area contributed by atoms with Crippen LogP contribution in [0.5, 0.6) is 0 Å². The molecule has 0 unspecified atom stereocenters. The molecule has 1 saturated heterocycles. The topological polar surface area (TPSA) is 95.5 Å². The van der Waals surface area contributed by atoms with Crippen molar-refractivity contribution in [2.75, 3.05) is 26.2 Å². The van der Waals surface area contributed by atoms with Crippen molar-refractivity contribution in [2.45, 2.75) is 38.6 Å². The summed E-state index contributed by atoms with van der Waals surface area (Å²) in [4.78, 5) is 56.5. The number of aromatic nitrogens is 2. The number of carbonyl (C=O) groups is 2. The van der Waals surface area contributed by atoms with E-state index in [9.17, 15) is 23.6 Å². The summed E-state index contributed by atoms with van der Waals surface area (Å²) in [5.74, 6) is -0.478. The molecule has 3 aromatic rings. The Bertz CT molecular complexity index is 1420. The van der Waals surface area contributed by atoms with E-state index in [0.29, 0.717) is 42.6 Å². The van der Waals surface area contributed by atoms with Crippen molar-refractivity contribution >= 4 is 22.7 Å². The van der Waals surface area contributed by atoms with Crippen LogP contribution in [0.1, 0.15) is 48.0 Å². The van der Waals surface area contributed by atoms with Gasteiger partial charge in [-0.1, -0.05) is 31.4 Å². The monoisotopic (exact) mass is 492 g/mol. The number of H-pyrrole nitrogens is 1. The SMILES string of the molecule is O=C(c1ccc(F)c(Cn2c(=O)[nH]c(=O)c3ccccc32)c1)N1CCN(C(=O)C2CCCCC2)CC1. The summed E-state index contributed by atoms with van der Waals surface area (Å²) in [5.41, 5.74) is -0.265. The van der Waals surface area contributed by atoms with Gasteiger partial charge in [-0.15, -0.1) is 0 Å². The van der Waals surface area contributed by atoms with Crippen molar-refractivity contribution in [3.8, 4) is 0 Å². The highest BCUT2D eigenvalue weighted by atomic mass is 19.1. The van der Waals surface area contributed by atoms with E-state index in [4.69, 9.17) is 0 Å². The van der Waals surface area contributed by atoms with Crippen molar-refractivity contribution < 1.29 is 14.0 Å². The normalized spacial score (nSPS) is 16.9. The summed E-state index contributed by atoms with van der Waals surface area (Å²) in [6.07, 6.45) is 5.29. The molecule has 1 aliphatic carbocycles. The van der Waals surface area contributed by atoms with Crippen molar-refractivity contribution in [3.05, 3.63) is 80.2 Å². The summed E-state index contributed by atoms with van der Waals surface area (Å²) in [6.45, 7) is 1.70. The number of hydrogen-bond donors (Lipinski definition) is 1. The number of aromatic amines is 1. The third kappa shape index (κ3) is 4.69. The number of nitrogens with one attached hydrogen (secondary N) is 1. The van der Waals surface area contributed by atoms with Gasteiger partial charge >= 0.3 is 5.69 Å². The molecule has 9 heteroatoms. The Morgan fingerprint density at radius 1 is 0.917 bits per heavy atom. The second kappa shape index (κ2) is 10.1. The van der Waals surface area contributed by atoms with Gasteiger partial charge in [-0.3, -0.25) is 23.9 Å². The lowest BCUT2D eigenvalue weighted by Gasteiger charge is -2.37. The van der Waals surface area contributed by atoms with E-state index in [1.165, 1.54) is 29.2 Å². The predicted molar refractivity (Wildman–Crippen MR) is 133 cm³/mol. The molecular formula is C27H29FN4O4. The minimum Gasteiger partial charge on any atom is -0.339 e. The van der Waals surface area contributed by atoms with Crippen LogP contribution in [0.15, 0.2) is 52.1 Å². The fourth-order valence-corrected chi connectivity index (χ4v) is 5.32. The van der Waals surface area contributed by atoms with Gasteiger partial charge in [-0.05, 0) is 43.2 Å². The Hall–Kier alpha value is -3.75. The van der Waals surface area contributed by atoms with Gasteiger partial charge < -0.3 is 9.80 Å². The Morgan fingerprint density at radius 2 is 1.61 bits per heavy atom. The van der Waals surface area contributed by atoms with Crippen LogP contribution in [0.2, 0.25) is 0 Å². The Morgan fingerprint density at radius 3 is 2.36 bits per heavy atom. The van der Waals surface area contributed by atoms with Gasteiger partial charge in [0.05, 0.1) is 17.4 Å². The van der Waals surface area contributed by atoms with E-state index in [2.05, 4.69) is 4.98 Å². The van der Waals surface area contributed by atoms with Crippen LogP contribution in [0, 0.1) is 11.7 Å². The number of piperazine rings is 1. The highest BCUT2D eigenvalue weighted by Crippen LogP contribution is 2.26. The number of benzene rings is 2. The first-order valence-electron chi connectivity index (χ1n) is 12.5. The average Bonchev–Trinajstić information content (AvgIpc) is 2.92. The van der Waals surface area contributed by atoms with E-state index < -0.39 is 17.1 Å². The Kier molecular flexibility index (Phi) is 6.71. The molecule has 1 aliphatic heterocycles. The molecule has 8 nitrogen and oxygen atoms in total. The molecule has 2 aromatic carbocycles. The van der Waals surface area contributed by atoms with E-state index in [0.717, 1.165) is 25.7 Å². The van der Waals surface area contributed by atoms with Gasteiger partial charge in [0, 0.05) is 43.2 Å². The zero-order chi connectivity index (χ0) is 25.2. The molecule has 36 heavy (non-hydrogen) atoms. The maximum Gasteiger partial charge on any atom is 0.329 e. The number of rotatable bonds is 4. The van der Waals surface area contributed by atoms with Crippen LogP contribution < -0.4 is 11.2 Å². The smallest absolute Gasteiger partial charge is 0.329 e. The molecule has 1 saturated carbocycles. The van der Waals surface area contributed by atoms with Gasteiger partial charge in [-0.2, -0.15) is 0 Å². The number of para-hydroxylation sites is 1. The van der Waals surface area contributed by atoms with Crippen molar-refractivity contribution in [1.29, 1.82) is 0 Å². The lowest BCUT2D eigenvalue weighted by molar-refractivity contribution is -0.138. The molecule has 0 bridgehead atoms. The molecule has 2 aliphatic rings. The second-order valence-electron chi connectivity index (χ2n) is 9.62. The van der Waals surface area contributed by atoms with Crippen LogP contribution in [0.4, 0.5) is 4.39 Å². The van der Waals surface area contributed by atoms with Crippen LogP contribution in [0.25, 0.3) is 10.9 Å². The van der Waals surface area contributed by atoms with E-state index in [1.54, 1.807) is 29.2 Å². The predicted octanol–water partition coefficient (Wildman–Crippen LogP) is 2.74. The van der Waals surface area contributed by atoms with Gasteiger partial charge in [0.1, 0.15) is 5.82 Å². The third-order valence-electron chi connectivity index (χ3n) is 7.36. The molecule has 0 spiro atoms. The summed E-state index contributed by atoms with van der Waals surface area (Å²) < 4.78 is 16.0. The third-order valence-corrected chi connectivity index (χ3v) is 7.36. The number of amides is 2. The van der Waals surface area contributed by atoms with Crippen molar-refractivity contribution in [3.63, 3.8) is 0 Å². The van der Waals surface area contributed by atoms with Crippen LogP contribution in [-0.2, 0) is 11.3 Å². The molecule has 5 rings (SSSR count). The van der Waals surface area contributed by atoms with Crippen LogP contribution in [0.3, 0.4) is 0 Å². The number of nitrogens with zero attached hydrogens (tertiary/aromatic N) is 3. The first-order chi connectivity index (χ1) is 17.4. The van der Waals surface area contributed by atoms with Crippen LogP contribution in [-0.4, -0.2) is 57.3 Å². The molecule has 0 radical (unpaired) electrons. The van der Waals surface area contributed by atoms with E-state index >= 15 is 0 Å². The van der Waals surface area contributed by atoms with Gasteiger partial charge in [-0.25, -0.2) is 9.18 Å².